The summed E-state index contributed by atoms with van der Waals surface area (Å²) in [6.07, 6.45) is 7.10. The number of hydrogen-bond acceptors (Lipinski definition) is 2. The van der Waals surface area contributed by atoms with Gasteiger partial charge >= 0.3 is 0 Å². The number of rotatable bonds is 6. The van der Waals surface area contributed by atoms with E-state index in [4.69, 9.17) is 5.73 Å². The van der Waals surface area contributed by atoms with Gasteiger partial charge in [0.05, 0.1) is 0 Å². The normalized spacial score (nSPS) is 33.4. The summed E-state index contributed by atoms with van der Waals surface area (Å²) in [5, 5.41) is 3.21. The molecule has 3 heteroatoms. The highest BCUT2D eigenvalue weighted by Gasteiger charge is 2.41. The number of nitrogens with two attached hydrogens (primary N) is 1. The minimum Gasteiger partial charge on any atom is -0.353 e. The second-order valence-electron chi connectivity index (χ2n) is 6.57. The first-order valence-electron chi connectivity index (χ1n) is 7.59. The Bertz CT molecular complexity index is 292. The van der Waals surface area contributed by atoms with E-state index < -0.39 is 0 Å². The summed E-state index contributed by atoms with van der Waals surface area (Å²) < 4.78 is 0. The lowest BCUT2D eigenvalue weighted by Gasteiger charge is -2.28. The van der Waals surface area contributed by atoms with Crippen LogP contribution < -0.4 is 11.1 Å². The summed E-state index contributed by atoms with van der Waals surface area (Å²) in [5.74, 6) is 3.24. The van der Waals surface area contributed by atoms with E-state index in [1.54, 1.807) is 0 Å². The standard InChI is InChI=1S/C15H28N2O/c1-10(9-16)3-6-15(18)17-11(2)14-8-12-4-5-13(14)7-12/h10-14H,3-9,16H2,1-2H3,(H,17,18). The van der Waals surface area contributed by atoms with Gasteiger partial charge in [-0.3, -0.25) is 4.79 Å². The van der Waals surface area contributed by atoms with E-state index in [-0.39, 0.29) is 5.91 Å². The maximum atomic E-state index is 11.9. The van der Waals surface area contributed by atoms with Gasteiger partial charge in [-0.1, -0.05) is 13.3 Å². The third-order valence-corrected chi connectivity index (χ3v) is 5.09. The molecule has 3 N–H and O–H groups in total. The third kappa shape index (κ3) is 3.25. The molecule has 0 aliphatic heterocycles. The molecule has 104 valence electrons. The predicted molar refractivity (Wildman–Crippen MR) is 74.0 cm³/mol. The highest BCUT2D eigenvalue weighted by molar-refractivity contribution is 5.76. The van der Waals surface area contributed by atoms with Crippen molar-refractivity contribution < 1.29 is 4.79 Å². The number of fused-ring (bicyclic) bond motifs is 2. The fraction of sp³-hybridized carbons (Fsp3) is 0.933. The molecule has 0 aromatic rings. The summed E-state index contributed by atoms with van der Waals surface area (Å²) in [6.45, 7) is 4.97. The van der Waals surface area contributed by atoms with Crippen LogP contribution in [0.2, 0.25) is 0 Å². The number of carbonyl (C=O) groups is 1. The number of hydrogen-bond donors (Lipinski definition) is 2. The van der Waals surface area contributed by atoms with Gasteiger partial charge in [-0.15, -0.1) is 0 Å². The van der Waals surface area contributed by atoms with E-state index in [0.717, 1.165) is 24.2 Å². The van der Waals surface area contributed by atoms with Crippen LogP contribution in [-0.4, -0.2) is 18.5 Å². The zero-order valence-corrected chi connectivity index (χ0v) is 11.8. The van der Waals surface area contributed by atoms with Gasteiger partial charge < -0.3 is 11.1 Å². The summed E-state index contributed by atoms with van der Waals surface area (Å²) >= 11 is 0. The van der Waals surface area contributed by atoms with Crippen LogP contribution in [-0.2, 0) is 4.79 Å². The van der Waals surface area contributed by atoms with Gasteiger partial charge in [0.15, 0.2) is 0 Å². The van der Waals surface area contributed by atoms with Gasteiger partial charge in [0.2, 0.25) is 5.91 Å². The Balaban J connectivity index is 1.70. The molecule has 2 aliphatic carbocycles. The average Bonchev–Trinajstić information content (AvgIpc) is 2.97. The maximum absolute atomic E-state index is 11.9. The fourth-order valence-corrected chi connectivity index (χ4v) is 3.83. The van der Waals surface area contributed by atoms with Crippen LogP contribution in [0.3, 0.4) is 0 Å². The van der Waals surface area contributed by atoms with E-state index >= 15 is 0 Å². The van der Waals surface area contributed by atoms with Crippen LogP contribution in [0.4, 0.5) is 0 Å². The Morgan fingerprint density at radius 1 is 1.33 bits per heavy atom. The topological polar surface area (TPSA) is 55.1 Å². The Morgan fingerprint density at radius 3 is 2.67 bits per heavy atom. The number of amides is 1. The van der Waals surface area contributed by atoms with Crippen LogP contribution >= 0.6 is 0 Å². The zero-order chi connectivity index (χ0) is 13.1. The van der Waals surface area contributed by atoms with Crippen molar-refractivity contribution >= 4 is 5.91 Å². The average molecular weight is 252 g/mol. The number of carbonyl (C=O) groups excluding carboxylic acids is 1. The van der Waals surface area contributed by atoms with E-state index in [9.17, 15) is 4.79 Å². The molecule has 2 bridgehead atoms. The molecule has 0 radical (unpaired) electrons. The zero-order valence-electron chi connectivity index (χ0n) is 11.8. The van der Waals surface area contributed by atoms with Gasteiger partial charge in [-0.2, -0.15) is 0 Å². The largest absolute Gasteiger partial charge is 0.353 e. The molecule has 5 atom stereocenters. The Hall–Kier alpha value is -0.570. The highest BCUT2D eigenvalue weighted by atomic mass is 16.1. The molecule has 5 unspecified atom stereocenters. The van der Waals surface area contributed by atoms with E-state index in [1.165, 1.54) is 25.7 Å². The molecule has 1 amide bonds. The molecule has 2 fully saturated rings. The predicted octanol–water partition coefficient (Wildman–Crippen LogP) is 2.30. The number of nitrogens with one attached hydrogen (secondary N) is 1. The van der Waals surface area contributed by atoms with Crippen molar-refractivity contribution in [2.45, 2.75) is 58.4 Å². The molecule has 0 aromatic heterocycles. The van der Waals surface area contributed by atoms with Crippen molar-refractivity contribution in [1.29, 1.82) is 0 Å². The third-order valence-electron chi connectivity index (χ3n) is 5.09. The molecular weight excluding hydrogens is 224 g/mol. The Kier molecular flexibility index (Phi) is 4.66. The first-order chi connectivity index (χ1) is 8.60. The molecule has 2 rings (SSSR count). The van der Waals surface area contributed by atoms with Crippen LogP contribution in [0.1, 0.15) is 52.4 Å². The van der Waals surface area contributed by atoms with Gasteiger partial charge in [0, 0.05) is 12.5 Å². The van der Waals surface area contributed by atoms with Crippen molar-refractivity contribution in [3.63, 3.8) is 0 Å². The Morgan fingerprint density at radius 2 is 2.11 bits per heavy atom. The van der Waals surface area contributed by atoms with Gasteiger partial charge in [0.1, 0.15) is 0 Å². The SMILES string of the molecule is CC(CN)CCC(=O)NC(C)C1CC2CCC1C2. The molecule has 2 aliphatic rings. The lowest BCUT2D eigenvalue weighted by atomic mass is 9.84. The molecule has 3 nitrogen and oxygen atoms in total. The quantitative estimate of drug-likeness (QED) is 0.762. The summed E-state index contributed by atoms with van der Waals surface area (Å²) in [5.41, 5.74) is 5.57. The smallest absolute Gasteiger partial charge is 0.220 e. The second kappa shape index (κ2) is 6.05. The van der Waals surface area contributed by atoms with Crippen molar-refractivity contribution in [3.05, 3.63) is 0 Å². The molecule has 0 aromatic carbocycles. The van der Waals surface area contributed by atoms with Crippen LogP contribution in [0.5, 0.6) is 0 Å². The minimum atomic E-state index is 0.213. The lowest BCUT2D eigenvalue weighted by Crippen LogP contribution is -2.40. The van der Waals surface area contributed by atoms with Crippen molar-refractivity contribution in [2.75, 3.05) is 6.54 Å². The van der Waals surface area contributed by atoms with Gasteiger partial charge in [0.25, 0.3) is 0 Å². The van der Waals surface area contributed by atoms with Crippen LogP contribution in [0.15, 0.2) is 0 Å². The van der Waals surface area contributed by atoms with Gasteiger partial charge in [-0.05, 0) is 62.8 Å². The van der Waals surface area contributed by atoms with E-state index in [0.29, 0.717) is 24.9 Å². The van der Waals surface area contributed by atoms with E-state index in [2.05, 4.69) is 19.2 Å². The summed E-state index contributed by atoms with van der Waals surface area (Å²) in [4.78, 5) is 11.9. The first-order valence-corrected chi connectivity index (χ1v) is 7.59. The Labute approximate surface area is 111 Å². The van der Waals surface area contributed by atoms with Crippen molar-refractivity contribution in [3.8, 4) is 0 Å². The molecule has 2 saturated carbocycles. The van der Waals surface area contributed by atoms with Crippen LogP contribution in [0, 0.1) is 23.7 Å². The molecule has 18 heavy (non-hydrogen) atoms. The van der Waals surface area contributed by atoms with Crippen molar-refractivity contribution in [1.82, 2.24) is 5.32 Å². The summed E-state index contributed by atoms with van der Waals surface area (Å²) in [6, 6.07) is 0.362. The molecule has 0 spiro atoms. The van der Waals surface area contributed by atoms with Crippen LogP contribution in [0.25, 0.3) is 0 Å². The second-order valence-corrected chi connectivity index (χ2v) is 6.57. The maximum Gasteiger partial charge on any atom is 0.220 e. The minimum absolute atomic E-state index is 0.213. The van der Waals surface area contributed by atoms with E-state index in [1.807, 2.05) is 0 Å². The van der Waals surface area contributed by atoms with Gasteiger partial charge in [-0.25, -0.2) is 0 Å². The lowest BCUT2D eigenvalue weighted by molar-refractivity contribution is -0.122. The first kappa shape index (κ1) is 13.9. The highest BCUT2D eigenvalue weighted by Crippen LogP contribution is 2.49. The van der Waals surface area contributed by atoms with Crippen molar-refractivity contribution in [2.24, 2.45) is 29.4 Å². The fourth-order valence-electron chi connectivity index (χ4n) is 3.83. The summed E-state index contributed by atoms with van der Waals surface area (Å²) in [7, 11) is 0. The molecule has 0 saturated heterocycles. The molecule has 0 heterocycles. The monoisotopic (exact) mass is 252 g/mol. The molecular formula is C15H28N2O.